The maximum Gasteiger partial charge on any atom is 0.222 e. The minimum atomic E-state index is -0.390. The van der Waals surface area contributed by atoms with Crippen LogP contribution in [0.25, 0.3) is 0 Å². The maximum atomic E-state index is 11.7. The molecular formula is C11H18N4O2. The summed E-state index contributed by atoms with van der Waals surface area (Å²) in [6.07, 6.45) is 7.07. The first kappa shape index (κ1) is 12.0. The van der Waals surface area contributed by atoms with Crippen LogP contribution in [0.1, 0.15) is 32.1 Å². The van der Waals surface area contributed by atoms with Crippen LogP contribution >= 0.6 is 0 Å². The summed E-state index contributed by atoms with van der Waals surface area (Å²) in [5.41, 5.74) is 0. The van der Waals surface area contributed by atoms with Gasteiger partial charge in [-0.1, -0.05) is 18.1 Å². The van der Waals surface area contributed by atoms with Crippen LogP contribution in [0.5, 0.6) is 0 Å². The summed E-state index contributed by atoms with van der Waals surface area (Å²) in [6, 6.07) is -0.0769. The van der Waals surface area contributed by atoms with Gasteiger partial charge in [-0.25, -0.2) is 0 Å². The molecule has 1 aliphatic rings. The van der Waals surface area contributed by atoms with Crippen molar-refractivity contribution in [2.45, 2.75) is 50.8 Å². The van der Waals surface area contributed by atoms with E-state index in [4.69, 9.17) is 0 Å². The van der Waals surface area contributed by atoms with Crippen molar-refractivity contribution in [1.29, 1.82) is 0 Å². The molecule has 1 aliphatic carbocycles. The Morgan fingerprint density at radius 1 is 1.47 bits per heavy atom. The van der Waals surface area contributed by atoms with Gasteiger partial charge < -0.3 is 10.4 Å². The molecule has 1 fully saturated rings. The van der Waals surface area contributed by atoms with Crippen molar-refractivity contribution in [3.05, 3.63) is 12.4 Å². The molecule has 1 saturated carbocycles. The topological polar surface area (TPSA) is 80.0 Å². The summed E-state index contributed by atoms with van der Waals surface area (Å²) in [5, 5.41) is 20.1. The van der Waals surface area contributed by atoms with Gasteiger partial charge in [0, 0.05) is 12.6 Å². The molecule has 94 valence electrons. The number of hydrogen-bond donors (Lipinski definition) is 2. The Morgan fingerprint density at radius 3 is 3.00 bits per heavy atom. The van der Waals surface area contributed by atoms with E-state index in [9.17, 15) is 9.90 Å². The van der Waals surface area contributed by atoms with E-state index in [2.05, 4.69) is 15.6 Å². The highest BCUT2D eigenvalue weighted by Gasteiger charge is 2.24. The third-order valence-corrected chi connectivity index (χ3v) is 3.12. The molecule has 6 nitrogen and oxygen atoms in total. The number of nitrogens with zero attached hydrogens (tertiary/aromatic N) is 3. The minimum absolute atomic E-state index is 0.0357. The monoisotopic (exact) mass is 238 g/mol. The van der Waals surface area contributed by atoms with Gasteiger partial charge in [-0.05, 0) is 12.8 Å². The number of hydrogen-bond acceptors (Lipinski definition) is 4. The van der Waals surface area contributed by atoms with E-state index in [0.717, 1.165) is 25.7 Å². The van der Waals surface area contributed by atoms with Crippen LogP contribution in [0.3, 0.4) is 0 Å². The first-order chi connectivity index (χ1) is 8.25. The molecule has 0 bridgehead atoms. The zero-order valence-corrected chi connectivity index (χ0v) is 9.75. The zero-order valence-electron chi connectivity index (χ0n) is 9.75. The lowest BCUT2D eigenvalue weighted by Crippen LogP contribution is -2.45. The maximum absolute atomic E-state index is 11.7. The van der Waals surface area contributed by atoms with E-state index >= 15 is 0 Å². The highest BCUT2D eigenvalue weighted by molar-refractivity contribution is 5.76. The molecule has 2 atom stereocenters. The molecule has 0 aromatic carbocycles. The number of aliphatic hydroxyl groups excluding tert-OH is 1. The predicted octanol–water partition coefficient (Wildman–Crippen LogP) is 0.0879. The van der Waals surface area contributed by atoms with Crippen LogP contribution < -0.4 is 5.32 Å². The van der Waals surface area contributed by atoms with E-state index < -0.39 is 0 Å². The molecular weight excluding hydrogens is 220 g/mol. The quantitative estimate of drug-likeness (QED) is 0.779. The number of nitrogens with one attached hydrogen (secondary N) is 1. The van der Waals surface area contributed by atoms with Gasteiger partial charge in [0.15, 0.2) is 0 Å². The van der Waals surface area contributed by atoms with Crippen LogP contribution in [0.2, 0.25) is 0 Å². The molecule has 1 aromatic rings. The van der Waals surface area contributed by atoms with Gasteiger partial charge in [0.2, 0.25) is 5.91 Å². The van der Waals surface area contributed by atoms with E-state index in [1.54, 1.807) is 17.1 Å². The van der Waals surface area contributed by atoms with Crippen LogP contribution in [0, 0.1) is 0 Å². The highest BCUT2D eigenvalue weighted by Crippen LogP contribution is 2.18. The van der Waals surface area contributed by atoms with Gasteiger partial charge in [-0.2, -0.15) is 0 Å². The minimum Gasteiger partial charge on any atom is -0.391 e. The van der Waals surface area contributed by atoms with Crippen molar-refractivity contribution in [1.82, 2.24) is 20.3 Å². The van der Waals surface area contributed by atoms with Crippen LogP contribution in [0.4, 0.5) is 0 Å². The second-order valence-electron chi connectivity index (χ2n) is 4.44. The summed E-state index contributed by atoms with van der Waals surface area (Å²) in [4.78, 5) is 11.7. The standard InChI is InChI=1S/C11H18N4O2/c16-10-4-2-1-3-9(10)13-11(17)5-7-15-8-6-12-14-15/h6,8-10,16H,1-5,7H2,(H,13,17)/t9-,10-/m0/s1. The molecule has 0 radical (unpaired) electrons. The normalized spacial score (nSPS) is 24.5. The van der Waals surface area contributed by atoms with Gasteiger partial charge >= 0.3 is 0 Å². The van der Waals surface area contributed by atoms with Crippen molar-refractivity contribution in [3.8, 4) is 0 Å². The molecule has 1 amide bonds. The van der Waals surface area contributed by atoms with Crippen molar-refractivity contribution in [3.63, 3.8) is 0 Å². The van der Waals surface area contributed by atoms with Gasteiger partial charge in [0.05, 0.1) is 24.9 Å². The average molecular weight is 238 g/mol. The van der Waals surface area contributed by atoms with Crippen molar-refractivity contribution < 1.29 is 9.90 Å². The molecule has 2 rings (SSSR count). The van der Waals surface area contributed by atoms with E-state index in [1.807, 2.05) is 0 Å². The van der Waals surface area contributed by atoms with Gasteiger partial charge in [0.1, 0.15) is 0 Å². The SMILES string of the molecule is O=C(CCn1ccnn1)N[C@H]1CCCC[C@@H]1O. The smallest absolute Gasteiger partial charge is 0.222 e. The summed E-state index contributed by atoms with van der Waals surface area (Å²) in [7, 11) is 0. The average Bonchev–Trinajstić information content (AvgIpc) is 2.82. The first-order valence-corrected chi connectivity index (χ1v) is 6.07. The molecule has 0 spiro atoms. The van der Waals surface area contributed by atoms with Crippen LogP contribution in [-0.4, -0.2) is 38.2 Å². The number of carbonyl (C=O) groups excluding carboxylic acids is 1. The van der Waals surface area contributed by atoms with E-state index in [-0.39, 0.29) is 18.1 Å². The Bertz CT molecular complexity index is 352. The van der Waals surface area contributed by atoms with E-state index in [0.29, 0.717) is 13.0 Å². The zero-order chi connectivity index (χ0) is 12.1. The highest BCUT2D eigenvalue weighted by atomic mass is 16.3. The fraction of sp³-hybridized carbons (Fsp3) is 0.727. The third-order valence-electron chi connectivity index (χ3n) is 3.12. The van der Waals surface area contributed by atoms with Crippen molar-refractivity contribution in [2.24, 2.45) is 0 Å². The second kappa shape index (κ2) is 5.77. The number of aromatic nitrogens is 3. The molecule has 0 aliphatic heterocycles. The van der Waals surface area contributed by atoms with Crippen molar-refractivity contribution >= 4 is 5.91 Å². The van der Waals surface area contributed by atoms with E-state index in [1.165, 1.54) is 0 Å². The number of aliphatic hydroxyl groups is 1. The lowest BCUT2D eigenvalue weighted by molar-refractivity contribution is -0.123. The van der Waals surface area contributed by atoms with Gasteiger partial charge in [-0.15, -0.1) is 5.10 Å². The lowest BCUT2D eigenvalue weighted by atomic mass is 9.92. The number of carbonyl (C=O) groups is 1. The van der Waals surface area contributed by atoms with Crippen LogP contribution in [0.15, 0.2) is 12.4 Å². The Morgan fingerprint density at radius 2 is 2.29 bits per heavy atom. The van der Waals surface area contributed by atoms with Crippen LogP contribution in [-0.2, 0) is 11.3 Å². The number of amides is 1. The summed E-state index contributed by atoms with van der Waals surface area (Å²) < 4.78 is 1.62. The summed E-state index contributed by atoms with van der Waals surface area (Å²) in [5.74, 6) is -0.0357. The molecule has 1 heterocycles. The number of aryl methyl sites for hydroxylation is 1. The fourth-order valence-electron chi connectivity index (χ4n) is 2.13. The van der Waals surface area contributed by atoms with Gasteiger partial charge in [0.25, 0.3) is 0 Å². The number of rotatable bonds is 4. The Kier molecular flexibility index (Phi) is 4.08. The van der Waals surface area contributed by atoms with Gasteiger partial charge in [-0.3, -0.25) is 9.48 Å². The summed E-state index contributed by atoms with van der Waals surface area (Å²) in [6.45, 7) is 0.522. The molecule has 6 heteroatoms. The molecule has 0 unspecified atom stereocenters. The summed E-state index contributed by atoms with van der Waals surface area (Å²) >= 11 is 0. The fourth-order valence-corrected chi connectivity index (χ4v) is 2.13. The Balaban J connectivity index is 1.73. The molecule has 1 aromatic heterocycles. The molecule has 0 saturated heterocycles. The van der Waals surface area contributed by atoms with Crippen molar-refractivity contribution in [2.75, 3.05) is 0 Å². The lowest BCUT2D eigenvalue weighted by Gasteiger charge is -2.28. The predicted molar refractivity (Wildman–Crippen MR) is 61.0 cm³/mol. The largest absolute Gasteiger partial charge is 0.391 e. The molecule has 17 heavy (non-hydrogen) atoms. The Hall–Kier alpha value is -1.43. The third kappa shape index (κ3) is 3.52. The first-order valence-electron chi connectivity index (χ1n) is 6.07. The Labute approximate surface area is 100 Å². The molecule has 2 N–H and O–H groups in total. The second-order valence-corrected chi connectivity index (χ2v) is 4.44.